The van der Waals surface area contributed by atoms with E-state index in [0.717, 1.165) is 23.3 Å². The molecular weight excluding hydrogens is 299 g/mol. The largest absolute Gasteiger partial charge is 0.434 e. The molecule has 0 amide bonds. The average Bonchev–Trinajstić information content (AvgIpc) is 2.83. The first-order valence-corrected chi connectivity index (χ1v) is 7.43. The molecule has 2 aromatic rings. The maximum Gasteiger partial charge on any atom is 0.434 e. The molecule has 0 aliphatic carbocycles. The van der Waals surface area contributed by atoms with Gasteiger partial charge in [-0.05, 0) is 31.5 Å². The number of alkyl halides is 3. The predicted octanol–water partition coefficient (Wildman–Crippen LogP) is 4.03. The molecule has 3 nitrogen and oxygen atoms in total. The summed E-state index contributed by atoms with van der Waals surface area (Å²) in [5, 5.41) is 3.36. The van der Waals surface area contributed by atoms with Gasteiger partial charge in [-0.15, -0.1) is 11.3 Å². The molecule has 21 heavy (non-hydrogen) atoms. The molecule has 0 aliphatic rings. The summed E-state index contributed by atoms with van der Waals surface area (Å²) in [6.07, 6.45) is -0.402. The molecule has 2 rings (SSSR count). The fourth-order valence-electron chi connectivity index (χ4n) is 1.87. The van der Waals surface area contributed by atoms with Crippen molar-refractivity contribution in [2.75, 3.05) is 6.54 Å². The molecule has 0 radical (unpaired) electrons. The van der Waals surface area contributed by atoms with E-state index in [9.17, 15) is 13.2 Å². The van der Waals surface area contributed by atoms with Crippen molar-refractivity contribution < 1.29 is 13.2 Å². The standard InChI is InChI=1S/C14H16F3N3S/c1-3-5-18-8-11-12(14(15,16)17)20-13(21-11)10-7-19-6-4-9(10)2/h4,6-7,18H,3,5,8H2,1-2H3. The minimum absolute atomic E-state index is 0.180. The third-order valence-corrected chi connectivity index (χ3v) is 4.04. The molecule has 2 heterocycles. The van der Waals surface area contributed by atoms with Crippen molar-refractivity contribution in [3.8, 4) is 10.6 Å². The first kappa shape index (κ1) is 15.9. The zero-order valence-electron chi connectivity index (χ0n) is 11.8. The summed E-state index contributed by atoms with van der Waals surface area (Å²) in [7, 11) is 0. The van der Waals surface area contributed by atoms with Gasteiger partial charge in [0.1, 0.15) is 5.01 Å². The quantitative estimate of drug-likeness (QED) is 0.847. The molecule has 0 atom stereocenters. The van der Waals surface area contributed by atoms with E-state index in [1.807, 2.05) is 13.8 Å². The van der Waals surface area contributed by atoms with Crippen molar-refractivity contribution in [1.29, 1.82) is 0 Å². The Hall–Kier alpha value is -1.47. The molecule has 0 bridgehead atoms. The van der Waals surface area contributed by atoms with Gasteiger partial charge in [-0.2, -0.15) is 13.2 Å². The third-order valence-electron chi connectivity index (χ3n) is 2.95. The number of hydrogen-bond donors (Lipinski definition) is 1. The lowest BCUT2D eigenvalue weighted by atomic mass is 10.2. The second-order valence-corrected chi connectivity index (χ2v) is 5.74. The van der Waals surface area contributed by atoms with Crippen LogP contribution >= 0.6 is 11.3 Å². The van der Waals surface area contributed by atoms with Crippen molar-refractivity contribution in [1.82, 2.24) is 15.3 Å². The van der Waals surface area contributed by atoms with Crippen molar-refractivity contribution in [2.45, 2.75) is 33.0 Å². The Morgan fingerprint density at radius 3 is 2.71 bits per heavy atom. The molecule has 0 saturated heterocycles. The van der Waals surface area contributed by atoms with Crippen molar-refractivity contribution in [2.24, 2.45) is 0 Å². The van der Waals surface area contributed by atoms with Crippen LogP contribution in [0.3, 0.4) is 0 Å². The highest BCUT2D eigenvalue weighted by Crippen LogP contribution is 2.38. The van der Waals surface area contributed by atoms with Gasteiger partial charge in [0.25, 0.3) is 0 Å². The number of aryl methyl sites for hydroxylation is 1. The second-order valence-electron chi connectivity index (χ2n) is 4.66. The molecule has 0 spiro atoms. The zero-order valence-corrected chi connectivity index (χ0v) is 12.6. The number of aromatic nitrogens is 2. The van der Waals surface area contributed by atoms with E-state index in [4.69, 9.17) is 0 Å². The Kier molecular flexibility index (Phi) is 4.95. The van der Waals surface area contributed by atoms with Gasteiger partial charge in [0.05, 0.1) is 4.88 Å². The van der Waals surface area contributed by atoms with Gasteiger partial charge in [0, 0.05) is 24.5 Å². The fourth-order valence-corrected chi connectivity index (χ4v) is 3.00. The lowest BCUT2D eigenvalue weighted by Crippen LogP contribution is -2.17. The van der Waals surface area contributed by atoms with Crippen LogP contribution in [0.15, 0.2) is 18.5 Å². The van der Waals surface area contributed by atoms with Crippen LogP contribution in [0, 0.1) is 6.92 Å². The van der Waals surface area contributed by atoms with Gasteiger partial charge in [-0.3, -0.25) is 4.98 Å². The average molecular weight is 315 g/mol. The minimum Gasteiger partial charge on any atom is -0.312 e. The second kappa shape index (κ2) is 6.53. The Labute approximate surface area is 125 Å². The maximum atomic E-state index is 13.1. The topological polar surface area (TPSA) is 37.8 Å². The van der Waals surface area contributed by atoms with E-state index in [1.165, 1.54) is 0 Å². The highest BCUT2D eigenvalue weighted by molar-refractivity contribution is 7.15. The smallest absolute Gasteiger partial charge is 0.312 e. The molecular formula is C14H16F3N3S. The Morgan fingerprint density at radius 1 is 1.33 bits per heavy atom. The van der Waals surface area contributed by atoms with E-state index >= 15 is 0 Å². The first-order chi connectivity index (χ1) is 9.93. The summed E-state index contributed by atoms with van der Waals surface area (Å²) >= 11 is 1.07. The Balaban J connectivity index is 2.38. The molecule has 1 N–H and O–H groups in total. The molecule has 0 unspecified atom stereocenters. The van der Waals surface area contributed by atoms with E-state index in [2.05, 4.69) is 15.3 Å². The van der Waals surface area contributed by atoms with Crippen LogP contribution in [0.5, 0.6) is 0 Å². The third kappa shape index (κ3) is 3.79. The van der Waals surface area contributed by atoms with Crippen molar-refractivity contribution >= 4 is 11.3 Å². The summed E-state index contributed by atoms with van der Waals surface area (Å²) in [6.45, 7) is 4.66. The first-order valence-electron chi connectivity index (χ1n) is 6.62. The lowest BCUT2D eigenvalue weighted by molar-refractivity contribution is -0.141. The normalized spacial score (nSPS) is 11.9. The van der Waals surface area contributed by atoms with Gasteiger partial charge in [0.2, 0.25) is 0 Å². The van der Waals surface area contributed by atoms with Gasteiger partial charge >= 0.3 is 6.18 Å². The molecule has 114 valence electrons. The summed E-state index contributed by atoms with van der Waals surface area (Å²) in [5.41, 5.74) is 0.713. The predicted molar refractivity (Wildman–Crippen MR) is 77.1 cm³/mol. The van der Waals surface area contributed by atoms with E-state index in [-0.39, 0.29) is 11.4 Å². The van der Waals surface area contributed by atoms with E-state index in [1.54, 1.807) is 18.5 Å². The highest BCUT2D eigenvalue weighted by Gasteiger charge is 2.37. The van der Waals surface area contributed by atoms with Crippen LogP contribution in [-0.2, 0) is 12.7 Å². The lowest BCUT2D eigenvalue weighted by Gasteiger charge is -2.06. The van der Waals surface area contributed by atoms with Crippen LogP contribution in [0.25, 0.3) is 10.6 Å². The molecule has 0 saturated carbocycles. The summed E-state index contributed by atoms with van der Waals surface area (Å²) in [5.74, 6) is 0. The summed E-state index contributed by atoms with van der Waals surface area (Å²) in [4.78, 5) is 7.99. The number of nitrogens with zero attached hydrogens (tertiary/aromatic N) is 2. The number of hydrogen-bond acceptors (Lipinski definition) is 4. The Morgan fingerprint density at radius 2 is 2.10 bits per heavy atom. The van der Waals surface area contributed by atoms with E-state index < -0.39 is 11.9 Å². The summed E-state index contributed by atoms with van der Waals surface area (Å²) < 4.78 is 39.3. The van der Waals surface area contributed by atoms with Gasteiger partial charge in [0.15, 0.2) is 5.69 Å². The number of halogens is 3. The van der Waals surface area contributed by atoms with Crippen molar-refractivity contribution in [3.05, 3.63) is 34.6 Å². The minimum atomic E-state index is -4.44. The van der Waals surface area contributed by atoms with Gasteiger partial charge in [-0.25, -0.2) is 4.98 Å². The molecule has 0 aromatic carbocycles. The van der Waals surface area contributed by atoms with Crippen LogP contribution in [-0.4, -0.2) is 16.5 Å². The number of pyridine rings is 1. The van der Waals surface area contributed by atoms with E-state index in [0.29, 0.717) is 17.1 Å². The van der Waals surface area contributed by atoms with Crippen LogP contribution in [0.4, 0.5) is 13.2 Å². The fraction of sp³-hybridized carbons (Fsp3) is 0.429. The van der Waals surface area contributed by atoms with Crippen LogP contribution < -0.4 is 5.32 Å². The molecule has 2 aromatic heterocycles. The van der Waals surface area contributed by atoms with Crippen LogP contribution in [0.1, 0.15) is 29.5 Å². The molecule has 0 aliphatic heterocycles. The Bertz CT molecular complexity index is 608. The summed E-state index contributed by atoms with van der Waals surface area (Å²) in [6, 6.07) is 1.76. The zero-order chi connectivity index (χ0) is 15.5. The molecule has 7 heteroatoms. The number of thiazole rings is 1. The highest BCUT2D eigenvalue weighted by atomic mass is 32.1. The van der Waals surface area contributed by atoms with Crippen LogP contribution in [0.2, 0.25) is 0 Å². The SMILES string of the molecule is CCCNCc1sc(-c2cnccc2C)nc1C(F)(F)F. The number of rotatable bonds is 5. The van der Waals surface area contributed by atoms with Gasteiger partial charge < -0.3 is 5.32 Å². The van der Waals surface area contributed by atoms with Gasteiger partial charge in [-0.1, -0.05) is 6.92 Å². The monoisotopic (exact) mass is 315 g/mol. The molecule has 0 fully saturated rings. The van der Waals surface area contributed by atoms with Crippen molar-refractivity contribution in [3.63, 3.8) is 0 Å². The number of nitrogens with one attached hydrogen (secondary N) is 1. The maximum absolute atomic E-state index is 13.1.